The summed E-state index contributed by atoms with van der Waals surface area (Å²) >= 11 is 0. The first-order valence-electron chi connectivity index (χ1n) is 5.41. The van der Waals surface area contributed by atoms with E-state index in [4.69, 9.17) is 11.5 Å². The van der Waals surface area contributed by atoms with E-state index in [1.165, 1.54) is 0 Å². The van der Waals surface area contributed by atoms with Crippen molar-refractivity contribution in [3.8, 4) is 0 Å². The van der Waals surface area contributed by atoms with Crippen LogP contribution in [0.3, 0.4) is 0 Å². The molecule has 1 aliphatic rings. The van der Waals surface area contributed by atoms with Crippen molar-refractivity contribution in [1.82, 2.24) is 4.90 Å². The molecule has 2 amide bonds. The van der Waals surface area contributed by atoms with Crippen molar-refractivity contribution in [2.75, 3.05) is 13.1 Å². The van der Waals surface area contributed by atoms with Gasteiger partial charge < -0.3 is 16.4 Å². The van der Waals surface area contributed by atoms with E-state index >= 15 is 0 Å². The Hall–Kier alpha value is -0.770. The lowest BCUT2D eigenvalue weighted by molar-refractivity contribution is 0.197. The summed E-state index contributed by atoms with van der Waals surface area (Å²) in [5, 5.41) is 0. The predicted molar refractivity (Wildman–Crippen MR) is 56.8 cm³/mol. The molecule has 1 fully saturated rings. The van der Waals surface area contributed by atoms with Crippen LogP contribution in [-0.4, -0.2) is 30.1 Å². The van der Waals surface area contributed by atoms with E-state index < -0.39 is 0 Å². The zero-order valence-electron chi connectivity index (χ0n) is 8.91. The van der Waals surface area contributed by atoms with Gasteiger partial charge >= 0.3 is 6.03 Å². The standard InChI is InChI=1S/C10H21N3O/c1-8(7-11)4-5-9-3-2-6-13(9)10(12)14/h8-9H,2-7,11H2,1H3,(H2,12,14). The van der Waals surface area contributed by atoms with Crippen molar-refractivity contribution in [3.63, 3.8) is 0 Å². The molecule has 0 spiro atoms. The fourth-order valence-corrected chi connectivity index (χ4v) is 2.02. The maximum atomic E-state index is 11.0. The Balaban J connectivity index is 2.32. The first-order chi connectivity index (χ1) is 6.65. The Morgan fingerprint density at radius 1 is 1.64 bits per heavy atom. The van der Waals surface area contributed by atoms with Crippen molar-refractivity contribution in [1.29, 1.82) is 0 Å². The average molecular weight is 199 g/mol. The van der Waals surface area contributed by atoms with Gasteiger partial charge in [0, 0.05) is 12.6 Å². The molecule has 1 heterocycles. The van der Waals surface area contributed by atoms with E-state index in [0.717, 1.165) is 38.8 Å². The highest BCUT2D eigenvalue weighted by molar-refractivity contribution is 5.72. The van der Waals surface area contributed by atoms with Gasteiger partial charge in [0.25, 0.3) is 0 Å². The third-order valence-electron chi connectivity index (χ3n) is 3.06. The molecule has 4 N–H and O–H groups in total. The van der Waals surface area contributed by atoms with Crippen molar-refractivity contribution in [3.05, 3.63) is 0 Å². The summed E-state index contributed by atoms with van der Waals surface area (Å²) < 4.78 is 0. The minimum absolute atomic E-state index is 0.270. The molecule has 0 aliphatic carbocycles. The summed E-state index contributed by atoms with van der Waals surface area (Å²) in [5.41, 5.74) is 10.8. The van der Waals surface area contributed by atoms with Crippen molar-refractivity contribution in [2.45, 2.75) is 38.6 Å². The Morgan fingerprint density at radius 2 is 2.36 bits per heavy atom. The quantitative estimate of drug-likeness (QED) is 0.706. The van der Waals surface area contributed by atoms with E-state index in [9.17, 15) is 4.79 Å². The van der Waals surface area contributed by atoms with Crippen molar-refractivity contribution >= 4 is 6.03 Å². The fourth-order valence-electron chi connectivity index (χ4n) is 2.02. The first-order valence-corrected chi connectivity index (χ1v) is 5.41. The van der Waals surface area contributed by atoms with Gasteiger partial charge in [0.2, 0.25) is 0 Å². The largest absolute Gasteiger partial charge is 0.351 e. The second-order valence-electron chi connectivity index (χ2n) is 4.25. The lowest BCUT2D eigenvalue weighted by Gasteiger charge is -2.23. The van der Waals surface area contributed by atoms with Gasteiger partial charge in [-0.3, -0.25) is 0 Å². The summed E-state index contributed by atoms with van der Waals surface area (Å²) in [7, 11) is 0. The van der Waals surface area contributed by atoms with E-state index in [1.807, 2.05) is 0 Å². The van der Waals surface area contributed by atoms with Crippen LogP contribution < -0.4 is 11.5 Å². The average Bonchev–Trinajstić information content (AvgIpc) is 2.62. The van der Waals surface area contributed by atoms with Gasteiger partial charge in [-0.15, -0.1) is 0 Å². The Morgan fingerprint density at radius 3 is 2.93 bits per heavy atom. The number of likely N-dealkylation sites (tertiary alicyclic amines) is 1. The lowest BCUT2D eigenvalue weighted by atomic mass is 10.0. The SMILES string of the molecule is CC(CN)CCC1CCCN1C(N)=O. The van der Waals surface area contributed by atoms with Crippen LogP contribution in [0, 0.1) is 5.92 Å². The highest BCUT2D eigenvalue weighted by Crippen LogP contribution is 2.22. The molecule has 2 atom stereocenters. The normalized spacial score (nSPS) is 23.9. The first kappa shape index (κ1) is 11.3. The maximum absolute atomic E-state index is 11.0. The second-order valence-corrected chi connectivity index (χ2v) is 4.25. The van der Waals surface area contributed by atoms with Gasteiger partial charge in [-0.1, -0.05) is 6.92 Å². The summed E-state index contributed by atoms with van der Waals surface area (Å²) in [4.78, 5) is 12.8. The van der Waals surface area contributed by atoms with E-state index in [2.05, 4.69) is 6.92 Å². The highest BCUT2D eigenvalue weighted by Gasteiger charge is 2.26. The van der Waals surface area contributed by atoms with E-state index in [1.54, 1.807) is 4.90 Å². The topological polar surface area (TPSA) is 72.3 Å². The molecule has 0 radical (unpaired) electrons. The van der Waals surface area contributed by atoms with Gasteiger partial charge in [0.1, 0.15) is 0 Å². The zero-order chi connectivity index (χ0) is 10.6. The third-order valence-corrected chi connectivity index (χ3v) is 3.06. The van der Waals surface area contributed by atoms with Crippen molar-refractivity contribution in [2.24, 2.45) is 17.4 Å². The Bertz CT molecular complexity index is 196. The summed E-state index contributed by atoms with van der Waals surface area (Å²) in [6.07, 6.45) is 4.32. The fraction of sp³-hybridized carbons (Fsp3) is 0.900. The number of carbonyl (C=O) groups is 1. The van der Waals surface area contributed by atoms with E-state index in [0.29, 0.717) is 12.0 Å². The van der Waals surface area contributed by atoms with Crippen LogP contribution in [0.5, 0.6) is 0 Å². The van der Waals surface area contributed by atoms with Crippen LogP contribution in [0.25, 0.3) is 0 Å². The van der Waals surface area contributed by atoms with Gasteiger partial charge in [-0.05, 0) is 38.1 Å². The molecular weight excluding hydrogens is 178 g/mol. The molecule has 0 bridgehead atoms. The van der Waals surface area contributed by atoms with E-state index in [-0.39, 0.29) is 6.03 Å². The molecule has 1 rings (SSSR count). The molecule has 1 aliphatic heterocycles. The molecular formula is C10H21N3O. The molecule has 82 valence electrons. The molecule has 2 unspecified atom stereocenters. The van der Waals surface area contributed by atoms with Crippen LogP contribution in [0.2, 0.25) is 0 Å². The van der Waals surface area contributed by atoms with Crippen LogP contribution in [0.1, 0.15) is 32.6 Å². The number of rotatable bonds is 4. The summed E-state index contributed by atoms with van der Waals surface area (Å²) in [6.45, 7) is 3.70. The van der Waals surface area contributed by atoms with Gasteiger partial charge in [-0.25, -0.2) is 4.79 Å². The zero-order valence-corrected chi connectivity index (χ0v) is 8.91. The number of nitrogens with zero attached hydrogens (tertiary/aromatic N) is 1. The summed E-state index contributed by atoms with van der Waals surface area (Å²) in [6, 6.07) is 0.0920. The molecule has 14 heavy (non-hydrogen) atoms. The van der Waals surface area contributed by atoms with Crippen molar-refractivity contribution < 1.29 is 4.79 Å². The summed E-state index contributed by atoms with van der Waals surface area (Å²) in [5.74, 6) is 0.547. The number of nitrogens with two attached hydrogens (primary N) is 2. The molecule has 0 aromatic rings. The van der Waals surface area contributed by atoms with Gasteiger partial charge in [0.15, 0.2) is 0 Å². The molecule has 1 saturated heterocycles. The molecule has 0 aromatic carbocycles. The number of primary amides is 1. The molecule has 4 nitrogen and oxygen atoms in total. The maximum Gasteiger partial charge on any atom is 0.315 e. The minimum atomic E-state index is -0.270. The lowest BCUT2D eigenvalue weighted by Crippen LogP contribution is -2.39. The second kappa shape index (κ2) is 5.20. The number of hydrogen-bond acceptors (Lipinski definition) is 2. The smallest absolute Gasteiger partial charge is 0.315 e. The third kappa shape index (κ3) is 2.87. The van der Waals surface area contributed by atoms with Crippen LogP contribution in [0.15, 0.2) is 0 Å². The Kier molecular flexibility index (Phi) is 4.20. The number of carbonyl (C=O) groups excluding carboxylic acids is 1. The Labute approximate surface area is 85.6 Å². The minimum Gasteiger partial charge on any atom is -0.351 e. The monoisotopic (exact) mass is 199 g/mol. The van der Waals surface area contributed by atoms with Crippen LogP contribution in [0.4, 0.5) is 4.79 Å². The van der Waals surface area contributed by atoms with Gasteiger partial charge in [-0.2, -0.15) is 0 Å². The number of amides is 2. The van der Waals surface area contributed by atoms with Gasteiger partial charge in [0.05, 0.1) is 0 Å². The predicted octanol–water partition coefficient (Wildman–Crippen LogP) is 0.904. The highest BCUT2D eigenvalue weighted by atomic mass is 16.2. The number of urea groups is 1. The van der Waals surface area contributed by atoms with Crippen LogP contribution >= 0.6 is 0 Å². The molecule has 4 heteroatoms. The number of hydrogen-bond donors (Lipinski definition) is 2. The van der Waals surface area contributed by atoms with Crippen LogP contribution in [-0.2, 0) is 0 Å². The molecule has 0 aromatic heterocycles. The molecule has 0 saturated carbocycles.